The van der Waals surface area contributed by atoms with Crippen LogP contribution in [-0.4, -0.2) is 27.9 Å². The van der Waals surface area contributed by atoms with Gasteiger partial charge in [0.05, 0.1) is 19.8 Å². The minimum atomic E-state index is -0.621. The van der Waals surface area contributed by atoms with Gasteiger partial charge in [0, 0.05) is 13.7 Å². The van der Waals surface area contributed by atoms with Crippen LogP contribution in [0.15, 0.2) is 12.1 Å². The topological polar surface area (TPSA) is 53.7 Å². The Bertz CT molecular complexity index is 361. The molecule has 1 aromatic rings. The van der Waals surface area contributed by atoms with Crippen LogP contribution < -0.4 is 15.2 Å². The van der Waals surface area contributed by atoms with Gasteiger partial charge in [-0.3, -0.25) is 0 Å². The first-order chi connectivity index (χ1) is 8.02. The van der Waals surface area contributed by atoms with E-state index in [1.165, 1.54) is 0 Å². The van der Waals surface area contributed by atoms with Crippen molar-refractivity contribution < 1.29 is 14.2 Å². The predicted molar refractivity (Wildman–Crippen MR) is 67.7 cm³/mol. The zero-order valence-corrected chi connectivity index (χ0v) is 11.2. The van der Waals surface area contributed by atoms with Gasteiger partial charge in [-0.1, -0.05) is 0 Å². The number of nitrogens with two attached hydrogens (primary N) is 1. The molecule has 1 rings (SSSR count). The first-order valence-corrected chi connectivity index (χ1v) is 5.50. The van der Waals surface area contributed by atoms with Crippen LogP contribution in [0.4, 0.5) is 0 Å². The van der Waals surface area contributed by atoms with E-state index in [1.54, 1.807) is 21.3 Å². The lowest BCUT2D eigenvalue weighted by molar-refractivity contribution is 0.00629. The van der Waals surface area contributed by atoms with Crippen molar-refractivity contribution in [1.82, 2.24) is 0 Å². The fraction of sp³-hybridized carbons (Fsp3) is 0.538. The molecule has 2 N–H and O–H groups in total. The lowest BCUT2D eigenvalue weighted by Crippen LogP contribution is -2.34. The van der Waals surface area contributed by atoms with Crippen LogP contribution in [0.5, 0.6) is 11.5 Å². The molecule has 0 bridgehead atoms. The van der Waals surface area contributed by atoms with Crippen molar-refractivity contribution in [2.75, 3.05) is 27.9 Å². The molecule has 0 radical (unpaired) electrons. The second-order valence-corrected chi connectivity index (χ2v) is 4.18. The molecule has 1 atom stereocenters. The molecule has 0 spiro atoms. The second kappa shape index (κ2) is 5.38. The maximum absolute atomic E-state index is 5.80. The number of ether oxygens (including phenoxy) is 3. The van der Waals surface area contributed by atoms with Gasteiger partial charge in [0.25, 0.3) is 0 Å². The van der Waals surface area contributed by atoms with Crippen molar-refractivity contribution in [3.8, 4) is 11.5 Å². The molecule has 0 aliphatic heterocycles. The quantitative estimate of drug-likeness (QED) is 0.851. The fourth-order valence-electron chi connectivity index (χ4n) is 1.85. The van der Waals surface area contributed by atoms with Crippen LogP contribution >= 0.6 is 0 Å². The molecule has 96 valence electrons. The maximum Gasteiger partial charge on any atom is 0.128 e. The van der Waals surface area contributed by atoms with E-state index in [0.717, 1.165) is 22.6 Å². The zero-order valence-electron chi connectivity index (χ0n) is 11.2. The van der Waals surface area contributed by atoms with E-state index in [1.807, 2.05) is 26.0 Å². The van der Waals surface area contributed by atoms with E-state index in [9.17, 15) is 0 Å². The SMILES string of the molecule is COc1cc(C)cc(OC)c1C(C)(CN)OC. The molecular weight excluding hydrogens is 218 g/mol. The number of hydrogen-bond donors (Lipinski definition) is 1. The van der Waals surface area contributed by atoms with Gasteiger partial charge in [-0.2, -0.15) is 0 Å². The van der Waals surface area contributed by atoms with Gasteiger partial charge in [-0.15, -0.1) is 0 Å². The average molecular weight is 239 g/mol. The summed E-state index contributed by atoms with van der Waals surface area (Å²) >= 11 is 0. The molecule has 17 heavy (non-hydrogen) atoms. The Morgan fingerprint density at radius 3 is 1.88 bits per heavy atom. The molecule has 0 fully saturated rings. The van der Waals surface area contributed by atoms with Crippen molar-refractivity contribution in [3.63, 3.8) is 0 Å². The lowest BCUT2D eigenvalue weighted by atomic mass is 9.92. The Hall–Kier alpha value is -1.26. The largest absolute Gasteiger partial charge is 0.496 e. The normalized spacial score (nSPS) is 14.2. The summed E-state index contributed by atoms with van der Waals surface area (Å²) in [5.74, 6) is 1.47. The van der Waals surface area contributed by atoms with Crippen molar-refractivity contribution in [2.24, 2.45) is 5.73 Å². The van der Waals surface area contributed by atoms with Gasteiger partial charge >= 0.3 is 0 Å². The zero-order chi connectivity index (χ0) is 13.1. The standard InChI is InChI=1S/C13H21NO3/c1-9-6-10(15-3)12(11(7-9)16-4)13(2,8-14)17-5/h6-7H,8,14H2,1-5H3. The van der Waals surface area contributed by atoms with E-state index >= 15 is 0 Å². The summed E-state index contributed by atoms with van der Waals surface area (Å²) in [5.41, 5.74) is 7.09. The molecule has 0 heterocycles. The molecule has 0 aromatic heterocycles. The van der Waals surface area contributed by atoms with Gasteiger partial charge in [0.15, 0.2) is 0 Å². The molecule has 0 aliphatic rings. The summed E-state index contributed by atoms with van der Waals surface area (Å²) < 4.78 is 16.3. The predicted octanol–water partition coefficient (Wildman–Crippen LogP) is 1.83. The Morgan fingerprint density at radius 1 is 1.12 bits per heavy atom. The highest BCUT2D eigenvalue weighted by molar-refractivity contribution is 5.51. The van der Waals surface area contributed by atoms with Crippen molar-refractivity contribution in [3.05, 3.63) is 23.3 Å². The first kappa shape index (κ1) is 13.8. The summed E-state index contributed by atoms with van der Waals surface area (Å²) in [7, 11) is 4.89. The molecule has 1 unspecified atom stereocenters. The van der Waals surface area contributed by atoms with E-state index < -0.39 is 5.60 Å². The number of aryl methyl sites for hydroxylation is 1. The monoisotopic (exact) mass is 239 g/mol. The van der Waals surface area contributed by atoms with Crippen LogP contribution in [0.2, 0.25) is 0 Å². The van der Waals surface area contributed by atoms with Gasteiger partial charge in [-0.25, -0.2) is 0 Å². The Balaban J connectivity index is 3.48. The third kappa shape index (κ3) is 2.53. The van der Waals surface area contributed by atoms with E-state index in [4.69, 9.17) is 19.9 Å². The summed E-state index contributed by atoms with van der Waals surface area (Å²) in [6, 6.07) is 3.90. The molecule has 0 saturated carbocycles. The van der Waals surface area contributed by atoms with Gasteiger partial charge in [-0.05, 0) is 31.5 Å². The molecule has 0 aliphatic carbocycles. The van der Waals surface area contributed by atoms with Crippen LogP contribution in [0, 0.1) is 6.92 Å². The summed E-state index contributed by atoms with van der Waals surface area (Å²) in [6.07, 6.45) is 0. The highest BCUT2D eigenvalue weighted by Crippen LogP contribution is 2.40. The second-order valence-electron chi connectivity index (χ2n) is 4.18. The molecule has 0 amide bonds. The summed E-state index contributed by atoms with van der Waals surface area (Å²) in [4.78, 5) is 0. The fourth-order valence-corrected chi connectivity index (χ4v) is 1.85. The van der Waals surface area contributed by atoms with E-state index in [-0.39, 0.29) is 0 Å². The maximum atomic E-state index is 5.80. The molecular formula is C13H21NO3. The average Bonchev–Trinajstić information content (AvgIpc) is 2.36. The smallest absolute Gasteiger partial charge is 0.128 e. The van der Waals surface area contributed by atoms with Gasteiger partial charge in [0.2, 0.25) is 0 Å². The van der Waals surface area contributed by atoms with E-state index in [0.29, 0.717) is 6.54 Å². The van der Waals surface area contributed by atoms with Gasteiger partial charge < -0.3 is 19.9 Å². The van der Waals surface area contributed by atoms with Crippen LogP contribution in [0.25, 0.3) is 0 Å². The van der Waals surface area contributed by atoms with Crippen LogP contribution in [0.3, 0.4) is 0 Å². The van der Waals surface area contributed by atoms with E-state index in [2.05, 4.69) is 0 Å². The first-order valence-electron chi connectivity index (χ1n) is 5.50. The molecule has 0 saturated heterocycles. The summed E-state index contributed by atoms with van der Waals surface area (Å²) in [6.45, 7) is 4.25. The Kier molecular flexibility index (Phi) is 4.37. The number of benzene rings is 1. The Morgan fingerprint density at radius 2 is 1.59 bits per heavy atom. The van der Waals surface area contributed by atoms with Crippen LogP contribution in [0.1, 0.15) is 18.1 Å². The van der Waals surface area contributed by atoms with Crippen molar-refractivity contribution >= 4 is 0 Å². The lowest BCUT2D eigenvalue weighted by Gasteiger charge is -2.30. The molecule has 4 nitrogen and oxygen atoms in total. The number of hydrogen-bond acceptors (Lipinski definition) is 4. The third-order valence-corrected chi connectivity index (χ3v) is 3.02. The molecule has 4 heteroatoms. The van der Waals surface area contributed by atoms with Gasteiger partial charge in [0.1, 0.15) is 17.1 Å². The highest BCUT2D eigenvalue weighted by atomic mass is 16.5. The number of methoxy groups -OCH3 is 3. The minimum absolute atomic E-state index is 0.347. The molecule has 1 aromatic carbocycles. The Labute approximate surface area is 103 Å². The van der Waals surface area contributed by atoms with Crippen molar-refractivity contribution in [2.45, 2.75) is 19.4 Å². The van der Waals surface area contributed by atoms with Crippen LogP contribution in [-0.2, 0) is 10.3 Å². The highest BCUT2D eigenvalue weighted by Gasteiger charge is 2.32. The third-order valence-electron chi connectivity index (χ3n) is 3.02. The van der Waals surface area contributed by atoms with Crippen molar-refractivity contribution in [1.29, 1.82) is 0 Å². The number of rotatable bonds is 5. The summed E-state index contributed by atoms with van der Waals surface area (Å²) in [5, 5.41) is 0. The minimum Gasteiger partial charge on any atom is -0.496 e.